The summed E-state index contributed by atoms with van der Waals surface area (Å²) in [6.45, 7) is 8.79. The fourth-order valence-electron chi connectivity index (χ4n) is 2.90. The number of piperazine rings is 1. The van der Waals surface area contributed by atoms with Gasteiger partial charge in [0, 0.05) is 36.8 Å². The molecule has 0 aromatic heterocycles. The van der Waals surface area contributed by atoms with Crippen LogP contribution in [0.3, 0.4) is 0 Å². The van der Waals surface area contributed by atoms with Crippen LogP contribution in [0.2, 0.25) is 0 Å². The number of carbonyl (C=O) groups is 1. The summed E-state index contributed by atoms with van der Waals surface area (Å²) in [5.74, 6) is 0.0379. The second kappa shape index (κ2) is 7.72. The molecule has 140 valence electrons. The zero-order valence-corrected chi connectivity index (χ0v) is 16.2. The summed E-state index contributed by atoms with van der Waals surface area (Å²) >= 11 is 0. The summed E-state index contributed by atoms with van der Waals surface area (Å²) in [6.07, 6.45) is 0. The topological polar surface area (TPSA) is 87.7 Å². The van der Waals surface area contributed by atoms with Gasteiger partial charge >= 0.3 is 0 Å². The van der Waals surface area contributed by atoms with Gasteiger partial charge in [-0.15, -0.1) is 0 Å². The van der Waals surface area contributed by atoms with Gasteiger partial charge < -0.3 is 15.0 Å². The monoisotopic (exact) mass is 369 g/mol. The molecule has 0 spiro atoms. The first-order valence-electron chi connectivity index (χ1n) is 8.42. The highest BCUT2D eigenvalue weighted by molar-refractivity contribution is 7.89. The van der Waals surface area contributed by atoms with E-state index < -0.39 is 10.0 Å². The molecule has 0 bridgehead atoms. The van der Waals surface area contributed by atoms with E-state index in [-0.39, 0.29) is 34.7 Å². The van der Waals surface area contributed by atoms with E-state index in [1.807, 2.05) is 13.8 Å². The Labute approximate surface area is 149 Å². The highest BCUT2D eigenvalue weighted by Crippen LogP contribution is 2.26. The van der Waals surface area contributed by atoms with Crippen molar-refractivity contribution in [2.24, 2.45) is 0 Å². The Bertz CT molecular complexity index is 733. The molecule has 2 N–H and O–H groups in total. The van der Waals surface area contributed by atoms with Crippen molar-refractivity contribution in [3.63, 3.8) is 0 Å². The van der Waals surface area contributed by atoms with Crippen LogP contribution in [0.5, 0.6) is 5.75 Å². The van der Waals surface area contributed by atoms with Gasteiger partial charge in [-0.25, -0.2) is 13.1 Å². The average molecular weight is 369 g/mol. The molecule has 1 aromatic rings. The maximum absolute atomic E-state index is 12.9. The number of ether oxygens (including phenoxy) is 1. The van der Waals surface area contributed by atoms with Gasteiger partial charge in [0.05, 0.1) is 7.11 Å². The number of hydrogen-bond acceptors (Lipinski definition) is 5. The number of amides is 1. The lowest BCUT2D eigenvalue weighted by Gasteiger charge is -2.38. The molecular formula is C17H27N3O4S. The van der Waals surface area contributed by atoms with Crippen LogP contribution in [0.15, 0.2) is 23.1 Å². The van der Waals surface area contributed by atoms with Crippen molar-refractivity contribution in [2.75, 3.05) is 20.2 Å². The first kappa shape index (κ1) is 19.7. The van der Waals surface area contributed by atoms with E-state index in [0.717, 1.165) is 0 Å². The fraction of sp³-hybridized carbons (Fsp3) is 0.588. The maximum Gasteiger partial charge on any atom is 0.254 e. The highest BCUT2D eigenvalue weighted by atomic mass is 32.2. The van der Waals surface area contributed by atoms with Crippen molar-refractivity contribution in [3.05, 3.63) is 23.8 Å². The fourth-order valence-corrected chi connectivity index (χ4v) is 4.35. The van der Waals surface area contributed by atoms with Crippen LogP contribution >= 0.6 is 0 Å². The molecule has 1 aliphatic heterocycles. The number of rotatable bonds is 5. The molecule has 1 aromatic carbocycles. The van der Waals surface area contributed by atoms with Crippen molar-refractivity contribution in [2.45, 2.75) is 50.7 Å². The predicted octanol–water partition coefficient (Wildman–Crippen LogP) is 1.20. The minimum atomic E-state index is -3.77. The van der Waals surface area contributed by atoms with Crippen molar-refractivity contribution >= 4 is 15.9 Å². The van der Waals surface area contributed by atoms with E-state index in [4.69, 9.17) is 4.74 Å². The third kappa shape index (κ3) is 4.31. The van der Waals surface area contributed by atoms with Gasteiger partial charge in [-0.2, -0.15) is 0 Å². The van der Waals surface area contributed by atoms with Gasteiger partial charge in [-0.05, 0) is 45.9 Å². The summed E-state index contributed by atoms with van der Waals surface area (Å²) in [5, 5.41) is 3.32. The number of carbonyl (C=O) groups excluding carboxylic acids is 1. The number of nitrogens with one attached hydrogen (secondary N) is 2. The largest absolute Gasteiger partial charge is 0.495 e. The highest BCUT2D eigenvalue weighted by Gasteiger charge is 2.30. The van der Waals surface area contributed by atoms with Gasteiger partial charge in [0.15, 0.2) is 0 Å². The molecule has 1 saturated heterocycles. The minimum Gasteiger partial charge on any atom is -0.495 e. The maximum atomic E-state index is 12.9. The Morgan fingerprint density at radius 3 is 2.64 bits per heavy atom. The molecular weight excluding hydrogens is 342 g/mol. The molecule has 2 atom stereocenters. The molecule has 0 saturated carbocycles. The van der Waals surface area contributed by atoms with E-state index in [1.54, 1.807) is 24.8 Å². The SMILES string of the molecule is COc1ccc(C(=O)N2CCNC(C)C2C)cc1S(=O)(=O)NC(C)C. The molecule has 1 aliphatic rings. The van der Waals surface area contributed by atoms with Crippen LogP contribution in [-0.2, 0) is 10.0 Å². The summed E-state index contributed by atoms with van der Waals surface area (Å²) < 4.78 is 32.8. The van der Waals surface area contributed by atoms with Crippen molar-refractivity contribution < 1.29 is 17.9 Å². The molecule has 0 radical (unpaired) electrons. The molecule has 8 heteroatoms. The van der Waals surface area contributed by atoms with Crippen molar-refractivity contribution in [1.82, 2.24) is 14.9 Å². The number of methoxy groups -OCH3 is 1. The van der Waals surface area contributed by atoms with E-state index >= 15 is 0 Å². The lowest BCUT2D eigenvalue weighted by atomic mass is 10.1. The van der Waals surface area contributed by atoms with E-state index in [9.17, 15) is 13.2 Å². The van der Waals surface area contributed by atoms with E-state index in [1.165, 1.54) is 19.2 Å². The lowest BCUT2D eigenvalue weighted by molar-refractivity contribution is 0.0602. The second-order valence-corrected chi connectivity index (χ2v) is 8.31. The summed E-state index contributed by atoms with van der Waals surface area (Å²) in [7, 11) is -2.36. The van der Waals surface area contributed by atoms with E-state index in [2.05, 4.69) is 10.0 Å². The number of hydrogen-bond donors (Lipinski definition) is 2. The quantitative estimate of drug-likeness (QED) is 0.814. The van der Waals surface area contributed by atoms with Gasteiger partial charge in [0.2, 0.25) is 10.0 Å². The van der Waals surface area contributed by atoms with Crippen LogP contribution in [0.4, 0.5) is 0 Å². The van der Waals surface area contributed by atoms with Crippen molar-refractivity contribution in [3.8, 4) is 5.75 Å². The molecule has 1 heterocycles. The normalized spacial score (nSPS) is 21.4. The number of benzene rings is 1. The van der Waals surface area contributed by atoms with Crippen LogP contribution in [0.1, 0.15) is 38.1 Å². The van der Waals surface area contributed by atoms with E-state index in [0.29, 0.717) is 18.7 Å². The Balaban J connectivity index is 2.40. The molecule has 2 unspecified atom stereocenters. The zero-order valence-electron chi connectivity index (χ0n) is 15.4. The van der Waals surface area contributed by atoms with Gasteiger partial charge in [-0.1, -0.05) is 0 Å². The lowest BCUT2D eigenvalue weighted by Crippen LogP contribution is -2.57. The second-order valence-electron chi connectivity index (χ2n) is 6.62. The third-order valence-corrected chi connectivity index (χ3v) is 6.07. The molecule has 7 nitrogen and oxygen atoms in total. The van der Waals surface area contributed by atoms with Gasteiger partial charge in [0.1, 0.15) is 10.6 Å². The van der Waals surface area contributed by atoms with Crippen LogP contribution in [0.25, 0.3) is 0 Å². The number of sulfonamides is 1. The summed E-state index contributed by atoms with van der Waals surface area (Å²) in [5.41, 5.74) is 0.339. The minimum absolute atomic E-state index is 0.0228. The summed E-state index contributed by atoms with van der Waals surface area (Å²) in [4.78, 5) is 14.6. The first-order chi connectivity index (χ1) is 11.7. The third-order valence-electron chi connectivity index (χ3n) is 4.39. The Kier molecular flexibility index (Phi) is 6.08. The molecule has 1 fully saturated rings. The molecule has 2 rings (SSSR count). The summed E-state index contributed by atoms with van der Waals surface area (Å²) in [6, 6.07) is 4.47. The standard InChI is InChI=1S/C17H27N3O4S/c1-11(2)19-25(22,23)16-10-14(6-7-15(16)24-5)17(21)20-9-8-18-12(3)13(20)4/h6-7,10-13,18-19H,8-9H2,1-5H3. The Morgan fingerprint density at radius 2 is 2.04 bits per heavy atom. The van der Waals surface area contributed by atoms with Crippen molar-refractivity contribution in [1.29, 1.82) is 0 Å². The smallest absolute Gasteiger partial charge is 0.254 e. The molecule has 25 heavy (non-hydrogen) atoms. The first-order valence-corrected chi connectivity index (χ1v) is 9.90. The average Bonchev–Trinajstić information content (AvgIpc) is 2.55. The number of nitrogens with zero attached hydrogens (tertiary/aromatic N) is 1. The Hall–Kier alpha value is -1.64. The van der Waals surface area contributed by atoms with Crippen LogP contribution in [-0.4, -0.2) is 57.5 Å². The molecule has 1 amide bonds. The van der Waals surface area contributed by atoms with Crippen LogP contribution in [0, 0.1) is 0 Å². The molecule has 0 aliphatic carbocycles. The van der Waals surface area contributed by atoms with Gasteiger partial charge in [0.25, 0.3) is 5.91 Å². The Morgan fingerprint density at radius 1 is 1.36 bits per heavy atom. The predicted molar refractivity (Wildman–Crippen MR) is 96.4 cm³/mol. The van der Waals surface area contributed by atoms with Crippen LogP contribution < -0.4 is 14.8 Å². The van der Waals surface area contributed by atoms with Gasteiger partial charge in [-0.3, -0.25) is 4.79 Å². The zero-order chi connectivity index (χ0) is 18.8.